The lowest BCUT2D eigenvalue weighted by Gasteiger charge is -2.37. The maximum absolute atomic E-state index is 13.7. The Morgan fingerprint density at radius 3 is 1.78 bits per heavy atom. The van der Waals surface area contributed by atoms with Crippen molar-refractivity contribution in [2.45, 2.75) is 43.4 Å². The zero-order chi connectivity index (χ0) is 32.2. The van der Waals surface area contributed by atoms with Crippen LogP contribution in [0.2, 0.25) is 5.02 Å². The molecule has 0 heterocycles. The van der Waals surface area contributed by atoms with Crippen molar-refractivity contribution in [1.29, 1.82) is 0 Å². The number of halogens is 1. The average Bonchev–Trinajstić information content (AvgIpc) is 3.03. The van der Waals surface area contributed by atoms with Gasteiger partial charge in [-0.1, -0.05) is 122 Å². The van der Waals surface area contributed by atoms with Crippen molar-refractivity contribution in [2.75, 3.05) is 5.32 Å². The maximum Gasteiger partial charge on any atom is 0.259 e. The maximum atomic E-state index is 13.7. The van der Waals surface area contributed by atoms with Gasteiger partial charge in [0.2, 0.25) is 10.0 Å². The molecule has 0 unspecified atom stereocenters. The van der Waals surface area contributed by atoms with E-state index in [2.05, 4.69) is 41.7 Å². The number of benzene rings is 5. The average molecular weight is 639 g/mol. The van der Waals surface area contributed by atoms with Crippen molar-refractivity contribution in [1.82, 2.24) is 0 Å². The summed E-state index contributed by atoms with van der Waals surface area (Å²) in [6.07, 6.45) is 1.90. The summed E-state index contributed by atoms with van der Waals surface area (Å²) >= 11 is 6.92. The van der Waals surface area contributed by atoms with Crippen LogP contribution in [0.1, 0.15) is 63.5 Å². The molecule has 0 aliphatic carbocycles. The summed E-state index contributed by atoms with van der Waals surface area (Å²) in [5.74, 6) is -0.960. The van der Waals surface area contributed by atoms with E-state index in [0.29, 0.717) is 24.1 Å². The highest BCUT2D eigenvalue weighted by molar-refractivity contribution is 7.89. The predicted molar refractivity (Wildman–Crippen MR) is 181 cm³/mol. The van der Waals surface area contributed by atoms with Gasteiger partial charge in [-0.3, -0.25) is 4.79 Å². The fourth-order valence-corrected chi connectivity index (χ4v) is 7.09. The van der Waals surface area contributed by atoms with Gasteiger partial charge < -0.3 is 10.4 Å². The molecule has 0 bridgehead atoms. The molecule has 45 heavy (non-hydrogen) atoms. The number of phenols is 1. The number of amides is 1. The molecule has 0 saturated heterocycles. The van der Waals surface area contributed by atoms with Crippen molar-refractivity contribution in [3.8, 4) is 5.75 Å². The lowest BCUT2D eigenvalue weighted by molar-refractivity contribution is 0.102. The number of unbranched alkanes of at least 4 members (excludes halogenated alkanes) is 1. The smallest absolute Gasteiger partial charge is 0.259 e. The molecule has 0 atom stereocenters. The van der Waals surface area contributed by atoms with E-state index < -0.39 is 21.3 Å². The zero-order valence-electron chi connectivity index (χ0n) is 25.1. The number of primary sulfonamides is 1. The number of hydrogen-bond acceptors (Lipinski definition) is 4. The van der Waals surface area contributed by atoms with Gasteiger partial charge in [0, 0.05) is 0 Å². The van der Waals surface area contributed by atoms with E-state index in [1.54, 1.807) is 6.07 Å². The van der Waals surface area contributed by atoms with Crippen LogP contribution in [0.4, 0.5) is 5.69 Å². The second-order valence-corrected chi connectivity index (χ2v) is 13.0. The first kappa shape index (κ1) is 32.0. The Hall–Kier alpha value is -4.43. The number of aromatic hydroxyl groups is 1. The second-order valence-electron chi connectivity index (χ2n) is 11.0. The molecule has 8 heteroatoms. The van der Waals surface area contributed by atoms with Gasteiger partial charge in [-0.25, -0.2) is 13.6 Å². The number of carbonyl (C=O) groups is 1. The first-order chi connectivity index (χ1) is 21.6. The zero-order valence-corrected chi connectivity index (χ0v) is 26.7. The van der Waals surface area contributed by atoms with E-state index in [9.17, 15) is 18.3 Å². The Bertz CT molecular complexity index is 1830. The molecule has 0 aromatic heterocycles. The predicted octanol–water partition coefficient (Wildman–Crippen LogP) is 7.98. The summed E-state index contributed by atoms with van der Waals surface area (Å²) in [5.41, 5.74) is 3.83. The monoisotopic (exact) mass is 638 g/mol. The Morgan fingerprint density at radius 2 is 1.33 bits per heavy atom. The number of nitrogens with two attached hydrogens (primary N) is 1. The van der Waals surface area contributed by atoms with Crippen LogP contribution in [-0.4, -0.2) is 19.4 Å². The standard InChI is InChI=1S/C37H35ClN2O4S/c1-3-4-14-26-23-33(45(39,43)44)25(2)34(35(26)41)36(42)40-32-22-21-30(24-31(32)38)37(27-15-8-5-9-16-27,28-17-10-6-11-18-28)29-19-12-7-13-20-29/h5-13,15-24,41H,3-4,14H2,1-2H3,(H,40,42)(H2,39,43,44). The van der Waals surface area contributed by atoms with Crippen LogP contribution >= 0.6 is 11.6 Å². The molecule has 0 aliphatic heterocycles. The first-order valence-corrected chi connectivity index (χ1v) is 16.7. The summed E-state index contributed by atoms with van der Waals surface area (Å²) in [6.45, 7) is 3.43. The van der Waals surface area contributed by atoms with Crippen LogP contribution < -0.4 is 10.5 Å². The minimum absolute atomic E-state index is 0.0664. The van der Waals surface area contributed by atoms with E-state index in [-0.39, 0.29) is 26.8 Å². The molecule has 5 aromatic rings. The molecule has 4 N–H and O–H groups in total. The van der Waals surface area contributed by atoms with E-state index in [1.165, 1.54) is 13.0 Å². The molecule has 6 nitrogen and oxygen atoms in total. The van der Waals surface area contributed by atoms with Crippen LogP contribution in [0.5, 0.6) is 5.75 Å². The molecule has 0 aliphatic rings. The number of rotatable bonds is 10. The van der Waals surface area contributed by atoms with Gasteiger partial charge in [0.1, 0.15) is 5.75 Å². The molecule has 0 fully saturated rings. The van der Waals surface area contributed by atoms with E-state index in [4.69, 9.17) is 16.7 Å². The van der Waals surface area contributed by atoms with Crippen molar-refractivity contribution >= 4 is 33.2 Å². The van der Waals surface area contributed by atoms with Crippen LogP contribution in [0.15, 0.2) is 120 Å². The van der Waals surface area contributed by atoms with Gasteiger partial charge in [0.25, 0.3) is 5.91 Å². The molecule has 0 radical (unpaired) electrons. The molecule has 1 amide bonds. The van der Waals surface area contributed by atoms with Crippen molar-refractivity contribution in [3.63, 3.8) is 0 Å². The third-order valence-electron chi connectivity index (χ3n) is 8.19. The van der Waals surface area contributed by atoms with Gasteiger partial charge in [-0.05, 0) is 71.3 Å². The number of sulfonamides is 1. The Kier molecular flexibility index (Phi) is 9.44. The fraction of sp³-hybridized carbons (Fsp3) is 0.162. The van der Waals surface area contributed by atoms with Gasteiger partial charge in [0.15, 0.2) is 0 Å². The van der Waals surface area contributed by atoms with Gasteiger partial charge in [0.05, 0.1) is 26.6 Å². The van der Waals surface area contributed by atoms with Gasteiger partial charge >= 0.3 is 0 Å². The summed E-state index contributed by atoms with van der Waals surface area (Å²) in [5, 5.41) is 19.7. The lowest BCUT2D eigenvalue weighted by atomic mass is 9.65. The SMILES string of the molecule is CCCCc1cc(S(N)(=O)=O)c(C)c(C(=O)Nc2ccc(C(c3ccccc3)(c3ccccc3)c3ccccc3)cc2Cl)c1O. The van der Waals surface area contributed by atoms with Crippen LogP contribution in [0, 0.1) is 6.92 Å². The van der Waals surface area contributed by atoms with Crippen LogP contribution in [-0.2, 0) is 21.9 Å². The quantitative estimate of drug-likeness (QED) is 0.135. The third-order valence-corrected chi connectivity index (χ3v) is 9.54. The Labute approximate surface area is 269 Å². The molecular weight excluding hydrogens is 604 g/mol. The topological polar surface area (TPSA) is 109 Å². The van der Waals surface area contributed by atoms with Crippen molar-refractivity contribution in [2.24, 2.45) is 5.14 Å². The minimum Gasteiger partial charge on any atom is -0.507 e. The molecular formula is C37H35ClN2O4S. The largest absolute Gasteiger partial charge is 0.507 e. The lowest BCUT2D eigenvalue weighted by Crippen LogP contribution is -2.31. The van der Waals surface area contributed by atoms with Crippen LogP contribution in [0.25, 0.3) is 0 Å². The Morgan fingerprint density at radius 1 is 0.822 bits per heavy atom. The number of phenolic OH excluding ortho intramolecular Hbond substituents is 1. The summed E-state index contributed by atoms with van der Waals surface area (Å²) < 4.78 is 24.8. The van der Waals surface area contributed by atoms with E-state index in [0.717, 1.165) is 28.7 Å². The number of anilines is 1. The first-order valence-electron chi connectivity index (χ1n) is 14.7. The number of aryl methyl sites for hydroxylation is 1. The molecule has 230 valence electrons. The van der Waals surface area contributed by atoms with Crippen LogP contribution in [0.3, 0.4) is 0 Å². The fourth-order valence-electron chi connectivity index (χ4n) is 6.03. The number of carbonyl (C=O) groups excluding carboxylic acids is 1. The molecule has 0 saturated carbocycles. The van der Waals surface area contributed by atoms with Gasteiger partial charge in [-0.2, -0.15) is 0 Å². The number of hydrogen-bond donors (Lipinski definition) is 3. The van der Waals surface area contributed by atoms with Crippen molar-refractivity contribution < 1.29 is 18.3 Å². The minimum atomic E-state index is -4.15. The molecule has 0 spiro atoms. The van der Waals surface area contributed by atoms with E-state index in [1.807, 2.05) is 73.7 Å². The summed E-state index contributed by atoms with van der Waals surface area (Å²) in [6, 6.07) is 37.3. The highest BCUT2D eigenvalue weighted by atomic mass is 35.5. The van der Waals surface area contributed by atoms with Crippen molar-refractivity contribution in [3.05, 3.63) is 159 Å². The summed E-state index contributed by atoms with van der Waals surface area (Å²) in [7, 11) is -4.15. The molecule has 5 rings (SSSR count). The molecule has 5 aromatic carbocycles. The summed E-state index contributed by atoms with van der Waals surface area (Å²) in [4.78, 5) is 13.5. The highest BCUT2D eigenvalue weighted by Gasteiger charge is 2.38. The van der Waals surface area contributed by atoms with Gasteiger partial charge in [-0.15, -0.1) is 0 Å². The van der Waals surface area contributed by atoms with E-state index >= 15 is 0 Å². The highest BCUT2D eigenvalue weighted by Crippen LogP contribution is 2.46. The number of nitrogens with one attached hydrogen (secondary N) is 1. The Balaban J connectivity index is 1.63. The second kappa shape index (κ2) is 13.3. The third kappa shape index (κ3) is 6.25. The normalized spacial score (nSPS) is 11.7.